The summed E-state index contributed by atoms with van der Waals surface area (Å²) < 4.78 is 5.49. The first-order valence-corrected chi connectivity index (χ1v) is 8.98. The molecule has 7 nitrogen and oxygen atoms in total. The minimum Gasteiger partial charge on any atom is -0.339 e. The quantitative estimate of drug-likeness (QED) is 0.900. The molecule has 0 radical (unpaired) electrons. The number of hydrogen-bond donors (Lipinski definition) is 1. The van der Waals surface area contributed by atoms with Gasteiger partial charge in [0.15, 0.2) is 0 Å². The molecule has 3 rings (SSSR count). The zero-order chi connectivity index (χ0) is 18.9. The Hall–Kier alpha value is -2.25. The summed E-state index contributed by atoms with van der Waals surface area (Å²) >= 11 is 0. The van der Waals surface area contributed by atoms with Crippen molar-refractivity contribution in [2.45, 2.75) is 39.3 Å². The summed E-state index contributed by atoms with van der Waals surface area (Å²) in [7, 11) is 0. The molecule has 2 aromatic rings. The molecule has 1 aliphatic heterocycles. The lowest BCUT2D eigenvalue weighted by Gasteiger charge is -2.39. The SMILES string of the molecule is Cc1ccc(-c2noc(C(C)N3CCN(C(=O)C(C)(C)N)CC3)n2)cc1. The second kappa shape index (κ2) is 7.17. The van der Waals surface area contributed by atoms with E-state index >= 15 is 0 Å². The molecule has 1 fully saturated rings. The van der Waals surface area contributed by atoms with Gasteiger partial charge >= 0.3 is 0 Å². The first-order chi connectivity index (χ1) is 12.3. The maximum Gasteiger partial charge on any atom is 0.244 e. The number of piperazine rings is 1. The molecule has 1 saturated heterocycles. The van der Waals surface area contributed by atoms with Crippen LogP contribution in [0.2, 0.25) is 0 Å². The van der Waals surface area contributed by atoms with Gasteiger partial charge in [-0.05, 0) is 27.7 Å². The molecule has 0 spiro atoms. The van der Waals surface area contributed by atoms with Crippen molar-refractivity contribution in [3.63, 3.8) is 0 Å². The lowest BCUT2D eigenvalue weighted by Crippen LogP contribution is -2.57. The molecule has 26 heavy (non-hydrogen) atoms. The Morgan fingerprint density at radius 2 is 1.81 bits per heavy atom. The third kappa shape index (κ3) is 3.94. The fourth-order valence-electron chi connectivity index (χ4n) is 3.10. The van der Waals surface area contributed by atoms with Gasteiger partial charge in [0.2, 0.25) is 17.6 Å². The van der Waals surface area contributed by atoms with Crippen LogP contribution in [0.15, 0.2) is 28.8 Å². The van der Waals surface area contributed by atoms with Gasteiger partial charge in [-0.3, -0.25) is 9.69 Å². The third-order valence-corrected chi connectivity index (χ3v) is 4.81. The van der Waals surface area contributed by atoms with Gasteiger partial charge in [-0.25, -0.2) is 0 Å². The number of nitrogens with zero attached hydrogens (tertiary/aromatic N) is 4. The van der Waals surface area contributed by atoms with E-state index in [4.69, 9.17) is 10.3 Å². The fourth-order valence-corrected chi connectivity index (χ4v) is 3.10. The van der Waals surface area contributed by atoms with Gasteiger partial charge in [-0.1, -0.05) is 35.0 Å². The second-order valence-electron chi connectivity index (χ2n) is 7.55. The first-order valence-electron chi connectivity index (χ1n) is 8.98. The van der Waals surface area contributed by atoms with Crippen molar-refractivity contribution in [3.8, 4) is 11.4 Å². The van der Waals surface area contributed by atoms with Gasteiger partial charge in [-0.15, -0.1) is 0 Å². The van der Waals surface area contributed by atoms with Crippen molar-refractivity contribution in [2.24, 2.45) is 5.73 Å². The summed E-state index contributed by atoms with van der Waals surface area (Å²) in [5.41, 5.74) is 7.23. The lowest BCUT2D eigenvalue weighted by molar-refractivity contribution is -0.137. The van der Waals surface area contributed by atoms with E-state index in [-0.39, 0.29) is 11.9 Å². The third-order valence-electron chi connectivity index (χ3n) is 4.81. The number of hydrogen-bond acceptors (Lipinski definition) is 6. The van der Waals surface area contributed by atoms with E-state index in [1.54, 1.807) is 13.8 Å². The highest BCUT2D eigenvalue weighted by Gasteiger charge is 2.32. The Morgan fingerprint density at radius 1 is 1.19 bits per heavy atom. The van der Waals surface area contributed by atoms with E-state index in [2.05, 4.69) is 22.0 Å². The van der Waals surface area contributed by atoms with Gasteiger partial charge in [0.25, 0.3) is 0 Å². The van der Waals surface area contributed by atoms with Crippen LogP contribution in [-0.4, -0.2) is 57.6 Å². The number of aromatic nitrogens is 2. The zero-order valence-electron chi connectivity index (χ0n) is 15.9. The van der Waals surface area contributed by atoms with Crippen LogP contribution in [0.25, 0.3) is 11.4 Å². The molecule has 1 aliphatic rings. The normalized spacial score (nSPS) is 17.3. The van der Waals surface area contributed by atoms with Crippen LogP contribution in [0.4, 0.5) is 0 Å². The number of benzene rings is 1. The van der Waals surface area contributed by atoms with E-state index in [1.165, 1.54) is 5.56 Å². The van der Waals surface area contributed by atoms with Crippen LogP contribution in [0, 0.1) is 6.92 Å². The number of nitrogens with two attached hydrogens (primary N) is 1. The topological polar surface area (TPSA) is 88.5 Å². The number of amides is 1. The van der Waals surface area contributed by atoms with Gasteiger partial charge in [0.1, 0.15) is 0 Å². The number of carbonyl (C=O) groups is 1. The first kappa shape index (κ1) is 18.5. The maximum atomic E-state index is 12.3. The van der Waals surface area contributed by atoms with Crippen molar-refractivity contribution in [1.29, 1.82) is 0 Å². The van der Waals surface area contributed by atoms with Crippen molar-refractivity contribution >= 4 is 5.91 Å². The Kier molecular flexibility index (Phi) is 5.11. The van der Waals surface area contributed by atoms with E-state index in [0.29, 0.717) is 24.8 Å². The molecule has 1 aromatic heterocycles. The van der Waals surface area contributed by atoms with Crippen molar-refractivity contribution in [1.82, 2.24) is 19.9 Å². The number of aryl methyl sites for hydroxylation is 1. The molecule has 140 valence electrons. The average Bonchev–Trinajstić information content (AvgIpc) is 3.10. The van der Waals surface area contributed by atoms with Crippen LogP contribution in [0.1, 0.15) is 38.3 Å². The molecule has 0 saturated carbocycles. The summed E-state index contributed by atoms with van der Waals surface area (Å²) in [6.45, 7) is 10.4. The molecule has 2 N–H and O–H groups in total. The molecular weight excluding hydrogens is 330 g/mol. The number of carbonyl (C=O) groups excluding carboxylic acids is 1. The average molecular weight is 357 g/mol. The van der Waals surface area contributed by atoms with E-state index in [0.717, 1.165) is 18.7 Å². The van der Waals surface area contributed by atoms with Crippen LogP contribution in [0.5, 0.6) is 0 Å². The van der Waals surface area contributed by atoms with E-state index in [1.807, 2.05) is 36.1 Å². The monoisotopic (exact) mass is 357 g/mol. The Morgan fingerprint density at radius 3 is 2.38 bits per heavy atom. The van der Waals surface area contributed by atoms with E-state index in [9.17, 15) is 4.79 Å². The van der Waals surface area contributed by atoms with E-state index < -0.39 is 5.54 Å². The standard InChI is InChI=1S/C19H27N5O2/c1-13-5-7-15(8-6-13)16-21-17(26-22-16)14(2)23-9-11-24(12-10-23)18(25)19(3,4)20/h5-8,14H,9-12,20H2,1-4H3. The van der Waals surface area contributed by atoms with Gasteiger partial charge in [0.05, 0.1) is 11.6 Å². The highest BCUT2D eigenvalue weighted by atomic mass is 16.5. The van der Waals surface area contributed by atoms with Gasteiger partial charge in [0, 0.05) is 31.7 Å². The van der Waals surface area contributed by atoms with Crippen molar-refractivity contribution in [2.75, 3.05) is 26.2 Å². The van der Waals surface area contributed by atoms with Crippen molar-refractivity contribution < 1.29 is 9.32 Å². The summed E-state index contributed by atoms with van der Waals surface area (Å²) in [6, 6.07) is 8.06. The number of rotatable bonds is 4. The largest absolute Gasteiger partial charge is 0.339 e. The summed E-state index contributed by atoms with van der Waals surface area (Å²) in [5, 5.41) is 4.11. The summed E-state index contributed by atoms with van der Waals surface area (Å²) in [4.78, 5) is 20.9. The molecule has 1 aromatic carbocycles. The minimum atomic E-state index is -0.830. The van der Waals surface area contributed by atoms with Gasteiger partial charge in [-0.2, -0.15) is 4.98 Å². The van der Waals surface area contributed by atoms with Crippen LogP contribution >= 0.6 is 0 Å². The smallest absolute Gasteiger partial charge is 0.244 e. The maximum absolute atomic E-state index is 12.3. The minimum absolute atomic E-state index is 0.00448. The fraction of sp³-hybridized carbons (Fsp3) is 0.526. The Balaban J connectivity index is 1.63. The molecule has 1 atom stereocenters. The van der Waals surface area contributed by atoms with Gasteiger partial charge < -0.3 is 15.2 Å². The summed E-state index contributed by atoms with van der Waals surface area (Å²) in [5.74, 6) is 1.19. The predicted octanol–water partition coefficient (Wildman–Crippen LogP) is 1.99. The van der Waals surface area contributed by atoms with Crippen LogP contribution in [0.3, 0.4) is 0 Å². The molecule has 1 unspecified atom stereocenters. The molecule has 0 bridgehead atoms. The zero-order valence-corrected chi connectivity index (χ0v) is 15.9. The van der Waals surface area contributed by atoms with Crippen LogP contribution < -0.4 is 5.73 Å². The summed E-state index contributed by atoms with van der Waals surface area (Å²) in [6.07, 6.45) is 0. The molecule has 0 aliphatic carbocycles. The highest BCUT2D eigenvalue weighted by Crippen LogP contribution is 2.24. The predicted molar refractivity (Wildman–Crippen MR) is 99.3 cm³/mol. The molecule has 2 heterocycles. The van der Waals surface area contributed by atoms with Crippen LogP contribution in [-0.2, 0) is 4.79 Å². The Bertz CT molecular complexity index is 755. The lowest BCUT2D eigenvalue weighted by atomic mass is 10.0. The molecule has 7 heteroatoms. The Labute approximate surface area is 154 Å². The molecular formula is C19H27N5O2. The van der Waals surface area contributed by atoms with Crippen molar-refractivity contribution in [3.05, 3.63) is 35.7 Å². The highest BCUT2D eigenvalue weighted by molar-refractivity contribution is 5.85. The second-order valence-corrected chi connectivity index (χ2v) is 7.55. The molecule has 1 amide bonds.